The Labute approximate surface area is 198 Å². The highest BCUT2D eigenvalue weighted by molar-refractivity contribution is 5.68. The van der Waals surface area contributed by atoms with Crippen molar-refractivity contribution in [3.05, 3.63) is 71.7 Å². The van der Waals surface area contributed by atoms with Gasteiger partial charge in [0.15, 0.2) is 0 Å². The number of hydrogen-bond donors (Lipinski definition) is 1. The molecule has 8 nitrogen and oxygen atoms in total. The molecule has 1 N–H and O–H groups in total. The quantitative estimate of drug-likeness (QED) is 0.437. The third kappa shape index (κ3) is 4.94. The lowest BCUT2D eigenvalue weighted by Gasteiger charge is -2.14. The maximum absolute atomic E-state index is 9.32. The first-order chi connectivity index (χ1) is 16.7. The normalized spacial score (nSPS) is 13.6. The lowest BCUT2D eigenvalue weighted by atomic mass is 10.1. The fraction of sp³-hybridized carbons (Fsp3) is 0.308. The van der Waals surface area contributed by atoms with E-state index in [1.165, 1.54) is 12.8 Å². The first kappa shape index (κ1) is 21.7. The minimum absolute atomic E-state index is 0.376. The van der Waals surface area contributed by atoms with Crippen LogP contribution >= 0.6 is 0 Å². The predicted molar refractivity (Wildman–Crippen MR) is 130 cm³/mol. The van der Waals surface area contributed by atoms with E-state index < -0.39 is 0 Å². The molecule has 4 aromatic rings. The first-order valence-electron chi connectivity index (χ1n) is 11.7. The fourth-order valence-corrected chi connectivity index (χ4v) is 4.26. The monoisotopic (exact) mass is 450 g/mol. The summed E-state index contributed by atoms with van der Waals surface area (Å²) in [7, 11) is 0. The summed E-state index contributed by atoms with van der Waals surface area (Å²) in [5.74, 6) is 0.577. The molecule has 3 heterocycles. The minimum Gasteiger partial charge on any atom is -0.351 e. The number of nitrogens with zero attached hydrogens (tertiary/aromatic N) is 7. The molecule has 170 valence electrons. The van der Waals surface area contributed by atoms with Crippen LogP contribution in [-0.4, -0.2) is 36.0 Å². The van der Waals surface area contributed by atoms with Gasteiger partial charge >= 0.3 is 0 Å². The number of aryl methyl sites for hydroxylation is 1. The van der Waals surface area contributed by atoms with Crippen molar-refractivity contribution in [3.8, 4) is 28.7 Å². The maximum Gasteiger partial charge on any atom is 0.224 e. The molecule has 0 saturated heterocycles. The van der Waals surface area contributed by atoms with Gasteiger partial charge in [-0.05, 0) is 49.6 Å². The molecule has 0 radical (unpaired) electrons. The highest BCUT2D eigenvalue weighted by atomic mass is 15.4. The summed E-state index contributed by atoms with van der Waals surface area (Å²) in [5, 5.41) is 21.5. The lowest BCUT2D eigenvalue weighted by Crippen LogP contribution is -2.17. The second-order valence-electron chi connectivity index (χ2n) is 8.56. The molecule has 0 atom stereocenters. The number of rotatable bonds is 7. The third-order valence-corrected chi connectivity index (χ3v) is 6.05. The van der Waals surface area contributed by atoms with E-state index >= 15 is 0 Å². The summed E-state index contributed by atoms with van der Waals surface area (Å²) in [4.78, 5) is 14.2. The van der Waals surface area contributed by atoms with Crippen LogP contribution in [0.1, 0.15) is 49.6 Å². The molecule has 5 rings (SSSR count). The van der Waals surface area contributed by atoms with Crippen LogP contribution in [0.2, 0.25) is 0 Å². The Morgan fingerprint density at radius 3 is 2.59 bits per heavy atom. The second kappa shape index (κ2) is 9.79. The Balaban J connectivity index is 1.48. The van der Waals surface area contributed by atoms with E-state index in [4.69, 9.17) is 9.97 Å². The number of anilines is 1. The van der Waals surface area contributed by atoms with Crippen molar-refractivity contribution >= 4 is 5.95 Å². The van der Waals surface area contributed by atoms with E-state index in [0.29, 0.717) is 35.5 Å². The molecule has 1 aliphatic carbocycles. The van der Waals surface area contributed by atoms with Gasteiger partial charge in [0.25, 0.3) is 0 Å². The molecule has 0 amide bonds. The van der Waals surface area contributed by atoms with Gasteiger partial charge in [-0.3, -0.25) is 4.98 Å². The number of aromatic nitrogens is 6. The number of nitrogens with one attached hydrogen (secondary N) is 1. The van der Waals surface area contributed by atoms with Crippen LogP contribution in [0, 0.1) is 11.3 Å². The van der Waals surface area contributed by atoms with Crippen molar-refractivity contribution in [1.29, 1.82) is 5.26 Å². The van der Waals surface area contributed by atoms with Crippen molar-refractivity contribution in [2.24, 2.45) is 0 Å². The second-order valence-corrected chi connectivity index (χ2v) is 8.56. The summed E-state index contributed by atoms with van der Waals surface area (Å²) in [6.07, 6.45) is 7.45. The molecular weight excluding hydrogens is 424 g/mol. The fourth-order valence-electron chi connectivity index (χ4n) is 4.26. The highest BCUT2D eigenvalue weighted by Crippen LogP contribution is 2.27. The highest BCUT2D eigenvalue weighted by Gasteiger charge is 2.18. The Kier molecular flexibility index (Phi) is 6.25. The van der Waals surface area contributed by atoms with Gasteiger partial charge in [-0.2, -0.15) is 5.26 Å². The van der Waals surface area contributed by atoms with Gasteiger partial charge in [0.2, 0.25) is 5.95 Å². The van der Waals surface area contributed by atoms with Crippen molar-refractivity contribution in [2.75, 3.05) is 5.32 Å². The molecule has 1 aromatic carbocycles. The molecule has 1 saturated carbocycles. The molecule has 0 spiro atoms. The van der Waals surface area contributed by atoms with Crippen LogP contribution in [0.5, 0.6) is 0 Å². The number of pyridine rings is 1. The topological polar surface area (TPSA) is 105 Å². The third-order valence-electron chi connectivity index (χ3n) is 6.05. The van der Waals surface area contributed by atoms with Crippen LogP contribution in [-0.2, 0) is 13.0 Å². The average Bonchev–Trinajstić information content (AvgIpc) is 3.56. The van der Waals surface area contributed by atoms with Crippen molar-refractivity contribution in [1.82, 2.24) is 29.9 Å². The molecular formula is C26H26N8. The minimum atomic E-state index is 0.376. The van der Waals surface area contributed by atoms with Crippen molar-refractivity contribution in [3.63, 3.8) is 0 Å². The van der Waals surface area contributed by atoms with Crippen molar-refractivity contribution in [2.45, 2.75) is 51.6 Å². The Morgan fingerprint density at radius 1 is 0.971 bits per heavy atom. The largest absolute Gasteiger partial charge is 0.351 e. The van der Waals surface area contributed by atoms with Gasteiger partial charge in [0.05, 0.1) is 41.5 Å². The summed E-state index contributed by atoms with van der Waals surface area (Å²) in [5.41, 5.74) is 5.56. The van der Waals surface area contributed by atoms with Gasteiger partial charge in [-0.25, -0.2) is 14.6 Å². The maximum atomic E-state index is 9.32. The van der Waals surface area contributed by atoms with Gasteiger partial charge in [-0.15, -0.1) is 5.10 Å². The van der Waals surface area contributed by atoms with Crippen LogP contribution in [0.15, 0.2) is 54.7 Å². The summed E-state index contributed by atoms with van der Waals surface area (Å²) in [6.45, 7) is 2.63. The smallest absolute Gasteiger partial charge is 0.224 e. The Bertz CT molecular complexity index is 1330. The van der Waals surface area contributed by atoms with Crippen LogP contribution in [0.3, 0.4) is 0 Å². The van der Waals surface area contributed by atoms with Gasteiger partial charge in [0.1, 0.15) is 5.69 Å². The van der Waals surface area contributed by atoms with E-state index in [9.17, 15) is 5.26 Å². The lowest BCUT2D eigenvalue weighted by molar-refractivity contribution is 0.636. The summed E-state index contributed by atoms with van der Waals surface area (Å²) >= 11 is 0. The van der Waals surface area contributed by atoms with Crippen molar-refractivity contribution < 1.29 is 0 Å². The van der Waals surface area contributed by atoms with E-state index in [1.807, 2.05) is 48.7 Å². The summed E-state index contributed by atoms with van der Waals surface area (Å²) < 4.78 is 1.78. The van der Waals surface area contributed by atoms with E-state index in [0.717, 1.165) is 41.9 Å². The zero-order chi connectivity index (χ0) is 23.3. The molecule has 0 bridgehead atoms. The Morgan fingerprint density at radius 2 is 1.76 bits per heavy atom. The molecule has 8 heteroatoms. The van der Waals surface area contributed by atoms with Crippen LogP contribution < -0.4 is 5.32 Å². The number of hydrogen-bond acceptors (Lipinski definition) is 7. The van der Waals surface area contributed by atoms with Gasteiger partial charge in [-0.1, -0.05) is 43.2 Å². The molecule has 0 aliphatic heterocycles. The molecule has 34 heavy (non-hydrogen) atoms. The van der Waals surface area contributed by atoms with E-state index in [-0.39, 0.29) is 0 Å². The zero-order valence-electron chi connectivity index (χ0n) is 19.1. The number of benzene rings is 1. The molecule has 1 fully saturated rings. The average molecular weight is 451 g/mol. The summed E-state index contributed by atoms with van der Waals surface area (Å²) in [6, 6.07) is 18.0. The Hall–Kier alpha value is -4.12. The first-order valence-corrected chi connectivity index (χ1v) is 11.7. The van der Waals surface area contributed by atoms with E-state index in [2.05, 4.69) is 33.6 Å². The van der Waals surface area contributed by atoms with Crippen LogP contribution in [0.25, 0.3) is 22.6 Å². The number of nitriles is 1. The molecule has 1 aliphatic rings. The SMILES string of the molecule is CCc1cccc(Cn2cc(-c3cc(-c4cccc(C#N)c4)nc(NC4CCCC4)n3)nn2)n1. The van der Waals surface area contributed by atoms with E-state index in [1.54, 1.807) is 10.7 Å². The zero-order valence-corrected chi connectivity index (χ0v) is 19.1. The predicted octanol–water partition coefficient (Wildman–Crippen LogP) is 4.63. The standard InChI is InChI=1S/C26H26N8/c1-2-20-11-6-12-22(28-20)16-34-17-25(32-33-34)24-14-23(19-8-5-7-18(13-19)15-27)30-26(31-24)29-21-9-3-4-10-21/h5-8,11-14,17,21H,2-4,9-10,16H2,1H3,(H,29,30,31). The van der Waals surface area contributed by atoms with Crippen LogP contribution in [0.4, 0.5) is 5.95 Å². The molecule has 3 aromatic heterocycles. The molecule has 0 unspecified atom stereocenters. The van der Waals surface area contributed by atoms with Gasteiger partial charge < -0.3 is 5.32 Å². The van der Waals surface area contributed by atoms with Gasteiger partial charge in [0, 0.05) is 17.3 Å².